The van der Waals surface area contributed by atoms with Crippen LogP contribution in [0.4, 0.5) is 11.5 Å². The normalized spacial score (nSPS) is 10.6. The van der Waals surface area contributed by atoms with E-state index in [9.17, 15) is 4.79 Å². The molecule has 30 heavy (non-hydrogen) atoms. The predicted octanol–water partition coefficient (Wildman–Crippen LogP) is 4.71. The van der Waals surface area contributed by atoms with Gasteiger partial charge in [0, 0.05) is 37.6 Å². The molecule has 0 atom stereocenters. The van der Waals surface area contributed by atoms with E-state index in [4.69, 9.17) is 9.72 Å². The van der Waals surface area contributed by atoms with Crippen LogP contribution in [0.1, 0.15) is 29.8 Å². The third-order valence-electron chi connectivity index (χ3n) is 5.05. The van der Waals surface area contributed by atoms with Crippen LogP contribution in [0.3, 0.4) is 0 Å². The molecule has 1 heterocycles. The summed E-state index contributed by atoms with van der Waals surface area (Å²) >= 11 is 0. The average Bonchev–Trinajstić information content (AvgIpc) is 2.78. The van der Waals surface area contributed by atoms with Gasteiger partial charge in [-0.25, -0.2) is 9.97 Å². The van der Waals surface area contributed by atoms with Crippen LogP contribution in [0.25, 0.3) is 11.4 Å². The van der Waals surface area contributed by atoms with Gasteiger partial charge in [0.15, 0.2) is 5.82 Å². The zero-order chi connectivity index (χ0) is 21.7. The fourth-order valence-corrected chi connectivity index (χ4v) is 3.21. The highest BCUT2D eigenvalue weighted by Gasteiger charge is 2.23. The van der Waals surface area contributed by atoms with Gasteiger partial charge in [0.05, 0.1) is 7.11 Å². The van der Waals surface area contributed by atoms with Gasteiger partial charge < -0.3 is 14.5 Å². The second kappa shape index (κ2) is 9.39. The number of nitrogens with zero attached hydrogens (tertiary/aromatic N) is 4. The van der Waals surface area contributed by atoms with Crippen LogP contribution in [0, 0.1) is 6.92 Å². The SMILES string of the molecule is CCN(C)C(=O)c1cnc(-c2ccc(OC)cc2)nc1N(CC)c1cccc(C)c1. The number of hydrogen-bond donors (Lipinski definition) is 0. The number of methoxy groups -OCH3 is 1. The number of benzene rings is 2. The van der Waals surface area contributed by atoms with Gasteiger partial charge in [0.25, 0.3) is 5.91 Å². The second-order valence-electron chi connectivity index (χ2n) is 7.06. The molecular weight excluding hydrogens is 376 g/mol. The van der Waals surface area contributed by atoms with E-state index in [2.05, 4.69) is 35.9 Å². The van der Waals surface area contributed by atoms with E-state index in [1.54, 1.807) is 25.3 Å². The van der Waals surface area contributed by atoms with Crippen molar-refractivity contribution in [3.63, 3.8) is 0 Å². The Bertz CT molecular complexity index is 1020. The van der Waals surface area contributed by atoms with E-state index < -0.39 is 0 Å². The lowest BCUT2D eigenvalue weighted by atomic mass is 10.1. The monoisotopic (exact) mass is 404 g/mol. The van der Waals surface area contributed by atoms with Gasteiger partial charge in [-0.05, 0) is 62.7 Å². The first kappa shape index (κ1) is 21.3. The quantitative estimate of drug-likeness (QED) is 0.571. The number of carbonyl (C=O) groups is 1. The largest absolute Gasteiger partial charge is 0.497 e. The number of rotatable bonds is 7. The van der Waals surface area contributed by atoms with Crippen molar-refractivity contribution in [1.82, 2.24) is 14.9 Å². The zero-order valence-electron chi connectivity index (χ0n) is 18.2. The van der Waals surface area contributed by atoms with Crippen molar-refractivity contribution in [2.75, 3.05) is 32.1 Å². The third-order valence-corrected chi connectivity index (χ3v) is 5.05. The molecule has 1 aromatic heterocycles. The predicted molar refractivity (Wildman–Crippen MR) is 121 cm³/mol. The summed E-state index contributed by atoms with van der Waals surface area (Å²) in [5, 5.41) is 0. The minimum Gasteiger partial charge on any atom is -0.497 e. The van der Waals surface area contributed by atoms with Gasteiger partial charge in [-0.15, -0.1) is 0 Å². The lowest BCUT2D eigenvalue weighted by Gasteiger charge is -2.26. The molecule has 0 spiro atoms. The molecule has 3 rings (SSSR count). The summed E-state index contributed by atoms with van der Waals surface area (Å²) in [6, 6.07) is 15.8. The van der Waals surface area contributed by atoms with Crippen LogP contribution < -0.4 is 9.64 Å². The van der Waals surface area contributed by atoms with Crippen LogP contribution in [-0.2, 0) is 0 Å². The summed E-state index contributed by atoms with van der Waals surface area (Å²) < 4.78 is 5.24. The first-order valence-electron chi connectivity index (χ1n) is 10.1. The molecule has 0 bridgehead atoms. The first-order valence-corrected chi connectivity index (χ1v) is 10.1. The molecule has 0 aliphatic carbocycles. The maximum absolute atomic E-state index is 13.0. The Morgan fingerprint density at radius 3 is 2.40 bits per heavy atom. The highest BCUT2D eigenvalue weighted by atomic mass is 16.5. The number of carbonyl (C=O) groups excluding carboxylic acids is 1. The number of anilines is 2. The Kier molecular flexibility index (Phi) is 6.67. The molecular formula is C24H28N4O2. The molecule has 0 aliphatic heterocycles. The molecule has 0 N–H and O–H groups in total. The summed E-state index contributed by atoms with van der Waals surface area (Å²) in [6.07, 6.45) is 1.63. The molecule has 6 heteroatoms. The van der Waals surface area contributed by atoms with Crippen molar-refractivity contribution in [3.8, 4) is 17.1 Å². The molecule has 0 saturated heterocycles. The van der Waals surface area contributed by atoms with Crippen molar-refractivity contribution in [1.29, 1.82) is 0 Å². The Morgan fingerprint density at radius 1 is 1.07 bits per heavy atom. The number of aromatic nitrogens is 2. The Labute approximate surface area is 178 Å². The molecule has 0 aliphatic rings. The van der Waals surface area contributed by atoms with E-state index in [0.29, 0.717) is 30.3 Å². The summed E-state index contributed by atoms with van der Waals surface area (Å²) in [4.78, 5) is 26.1. The number of ether oxygens (including phenoxy) is 1. The number of amides is 1. The van der Waals surface area contributed by atoms with Gasteiger partial charge >= 0.3 is 0 Å². The van der Waals surface area contributed by atoms with Crippen LogP contribution >= 0.6 is 0 Å². The van der Waals surface area contributed by atoms with Gasteiger partial charge in [-0.3, -0.25) is 4.79 Å². The van der Waals surface area contributed by atoms with E-state index in [-0.39, 0.29) is 5.91 Å². The summed E-state index contributed by atoms with van der Waals surface area (Å²) in [6.45, 7) is 7.32. The molecule has 3 aromatic rings. The van der Waals surface area contributed by atoms with Gasteiger partial charge in [-0.1, -0.05) is 12.1 Å². The Hall–Kier alpha value is -3.41. The van der Waals surface area contributed by atoms with Crippen molar-refractivity contribution in [2.45, 2.75) is 20.8 Å². The van der Waals surface area contributed by atoms with Crippen LogP contribution in [0.2, 0.25) is 0 Å². The molecule has 6 nitrogen and oxygen atoms in total. The first-order chi connectivity index (χ1) is 14.5. The molecule has 156 valence electrons. The molecule has 2 aromatic carbocycles. The van der Waals surface area contributed by atoms with Crippen LogP contribution in [-0.4, -0.2) is 48.0 Å². The third kappa shape index (κ3) is 4.43. The topological polar surface area (TPSA) is 58.6 Å². The van der Waals surface area contributed by atoms with Gasteiger partial charge in [-0.2, -0.15) is 0 Å². The zero-order valence-corrected chi connectivity index (χ0v) is 18.2. The van der Waals surface area contributed by atoms with Crippen molar-refractivity contribution >= 4 is 17.4 Å². The minimum atomic E-state index is -0.0973. The molecule has 1 amide bonds. The van der Waals surface area contributed by atoms with Crippen molar-refractivity contribution in [2.24, 2.45) is 0 Å². The molecule has 0 unspecified atom stereocenters. The summed E-state index contributed by atoms with van der Waals surface area (Å²) in [5.74, 6) is 1.84. The second-order valence-corrected chi connectivity index (χ2v) is 7.06. The standard InChI is InChI=1S/C24H28N4O2/c1-6-27(4)24(29)21-16-25-22(18-11-13-20(30-5)14-12-18)26-23(21)28(7-2)19-10-8-9-17(3)15-19/h8-16H,6-7H2,1-5H3. The lowest BCUT2D eigenvalue weighted by molar-refractivity contribution is 0.0802. The van der Waals surface area contributed by atoms with Crippen LogP contribution in [0.15, 0.2) is 54.7 Å². The van der Waals surface area contributed by atoms with E-state index >= 15 is 0 Å². The fraction of sp³-hybridized carbons (Fsp3) is 0.292. The van der Waals surface area contributed by atoms with Crippen LogP contribution in [0.5, 0.6) is 5.75 Å². The van der Waals surface area contributed by atoms with Gasteiger partial charge in [0.2, 0.25) is 0 Å². The maximum Gasteiger partial charge on any atom is 0.258 e. The molecule has 0 saturated carbocycles. The summed E-state index contributed by atoms with van der Waals surface area (Å²) in [7, 11) is 3.42. The van der Waals surface area contributed by atoms with Gasteiger partial charge in [0.1, 0.15) is 17.1 Å². The number of hydrogen-bond acceptors (Lipinski definition) is 5. The minimum absolute atomic E-state index is 0.0973. The van der Waals surface area contributed by atoms with E-state index in [1.807, 2.05) is 43.3 Å². The fourth-order valence-electron chi connectivity index (χ4n) is 3.21. The molecule has 0 radical (unpaired) electrons. The van der Waals surface area contributed by atoms with Crippen molar-refractivity contribution < 1.29 is 9.53 Å². The van der Waals surface area contributed by atoms with Crippen molar-refractivity contribution in [3.05, 3.63) is 65.9 Å². The Morgan fingerprint density at radius 2 is 1.80 bits per heavy atom. The Balaban J connectivity index is 2.15. The highest BCUT2D eigenvalue weighted by Crippen LogP contribution is 2.30. The molecule has 0 fully saturated rings. The van der Waals surface area contributed by atoms with E-state index in [1.165, 1.54) is 0 Å². The maximum atomic E-state index is 13.0. The lowest BCUT2D eigenvalue weighted by Crippen LogP contribution is -2.29. The highest BCUT2D eigenvalue weighted by molar-refractivity contribution is 5.99. The van der Waals surface area contributed by atoms with E-state index in [0.717, 1.165) is 22.6 Å². The smallest absolute Gasteiger partial charge is 0.258 e. The average molecular weight is 405 g/mol. The number of aryl methyl sites for hydroxylation is 1. The summed E-state index contributed by atoms with van der Waals surface area (Å²) in [5.41, 5.74) is 3.49.